The molecule has 1 aromatic heterocycles. The van der Waals surface area contributed by atoms with Crippen molar-refractivity contribution >= 4 is 11.3 Å². The molecule has 62 valence electrons. The van der Waals surface area contributed by atoms with Crippen molar-refractivity contribution in [3.63, 3.8) is 0 Å². The van der Waals surface area contributed by atoms with Crippen LogP contribution in [0.5, 0.6) is 0 Å². The van der Waals surface area contributed by atoms with E-state index in [-0.39, 0.29) is 0 Å². The number of halogens is 1. The van der Waals surface area contributed by atoms with Gasteiger partial charge in [0.25, 0.3) is 0 Å². The van der Waals surface area contributed by atoms with Crippen molar-refractivity contribution in [2.75, 3.05) is 13.6 Å². The average molecular weight is 174 g/mol. The predicted molar refractivity (Wildman–Crippen MR) is 44.6 cm³/mol. The van der Waals surface area contributed by atoms with Gasteiger partial charge in [0.15, 0.2) is 0 Å². The maximum atomic E-state index is 12.0. The second-order valence-corrected chi connectivity index (χ2v) is 3.16. The number of nitrogens with one attached hydrogen (secondary N) is 1. The molecule has 1 aromatic rings. The minimum Gasteiger partial charge on any atom is -0.319 e. The lowest BCUT2D eigenvalue weighted by atomic mass is 10.4. The number of nitrogens with zero attached hydrogens (tertiary/aromatic N) is 1. The van der Waals surface area contributed by atoms with Crippen molar-refractivity contribution < 1.29 is 4.39 Å². The van der Waals surface area contributed by atoms with Gasteiger partial charge in [-0.15, -0.1) is 11.3 Å². The number of aromatic nitrogens is 1. The van der Waals surface area contributed by atoms with Crippen LogP contribution in [0.1, 0.15) is 10.7 Å². The van der Waals surface area contributed by atoms with Gasteiger partial charge in [0.1, 0.15) is 6.67 Å². The molecule has 11 heavy (non-hydrogen) atoms. The molecule has 0 fully saturated rings. The lowest BCUT2D eigenvalue weighted by Crippen LogP contribution is -2.10. The predicted octanol–water partition coefficient (Wildman–Crippen LogP) is 1.37. The van der Waals surface area contributed by atoms with Crippen LogP contribution in [0.2, 0.25) is 0 Å². The fourth-order valence-corrected chi connectivity index (χ4v) is 1.53. The van der Waals surface area contributed by atoms with Crippen LogP contribution in [0.4, 0.5) is 4.39 Å². The van der Waals surface area contributed by atoms with E-state index < -0.39 is 6.67 Å². The zero-order valence-corrected chi connectivity index (χ0v) is 7.25. The molecule has 4 heteroatoms. The van der Waals surface area contributed by atoms with E-state index in [4.69, 9.17) is 0 Å². The van der Waals surface area contributed by atoms with E-state index >= 15 is 0 Å². The Morgan fingerprint density at radius 1 is 1.73 bits per heavy atom. The summed E-state index contributed by atoms with van der Waals surface area (Å²) in [5.41, 5.74) is 0.557. The minimum atomic E-state index is -0.448. The smallest absolute Gasteiger partial charge is 0.132 e. The maximum absolute atomic E-state index is 12.0. The Kier molecular flexibility index (Phi) is 3.45. The summed E-state index contributed by atoms with van der Waals surface area (Å²) in [6.45, 7) is 0.454. The fourth-order valence-electron chi connectivity index (χ4n) is 0.757. The van der Waals surface area contributed by atoms with Gasteiger partial charge in [-0.2, -0.15) is 0 Å². The number of thiazole rings is 1. The molecule has 1 heterocycles. The van der Waals surface area contributed by atoms with Crippen molar-refractivity contribution in [2.24, 2.45) is 0 Å². The van der Waals surface area contributed by atoms with Crippen molar-refractivity contribution in [3.05, 3.63) is 16.1 Å². The highest BCUT2D eigenvalue weighted by Crippen LogP contribution is 2.10. The summed E-state index contributed by atoms with van der Waals surface area (Å²) in [5.74, 6) is 0. The van der Waals surface area contributed by atoms with E-state index in [0.717, 1.165) is 18.0 Å². The number of likely N-dealkylation sites (N-methyl/N-ethyl adjacent to an activating group) is 1. The summed E-state index contributed by atoms with van der Waals surface area (Å²) < 4.78 is 12.0. The summed E-state index contributed by atoms with van der Waals surface area (Å²) in [4.78, 5) is 4.07. The number of rotatable bonds is 4. The van der Waals surface area contributed by atoms with Crippen LogP contribution in [0.25, 0.3) is 0 Å². The molecule has 0 aliphatic rings. The molecule has 0 aromatic carbocycles. The number of hydrogen-bond acceptors (Lipinski definition) is 3. The van der Waals surface area contributed by atoms with Gasteiger partial charge < -0.3 is 5.32 Å². The average Bonchev–Trinajstić information content (AvgIpc) is 2.48. The van der Waals surface area contributed by atoms with Crippen LogP contribution in [0.3, 0.4) is 0 Å². The molecule has 0 unspecified atom stereocenters. The summed E-state index contributed by atoms with van der Waals surface area (Å²) >= 11 is 1.52. The van der Waals surface area contributed by atoms with E-state index in [1.165, 1.54) is 11.3 Å². The van der Waals surface area contributed by atoms with Gasteiger partial charge in [-0.1, -0.05) is 0 Å². The third kappa shape index (κ3) is 2.55. The van der Waals surface area contributed by atoms with Crippen LogP contribution in [0, 0.1) is 0 Å². The molecule has 0 radical (unpaired) electrons. The van der Waals surface area contributed by atoms with Crippen molar-refractivity contribution in [3.8, 4) is 0 Å². The first-order chi connectivity index (χ1) is 5.36. The van der Waals surface area contributed by atoms with Crippen molar-refractivity contribution in [1.82, 2.24) is 10.3 Å². The molecule has 0 atom stereocenters. The highest BCUT2D eigenvalue weighted by atomic mass is 32.1. The van der Waals surface area contributed by atoms with Gasteiger partial charge in [-0.3, -0.25) is 0 Å². The quantitative estimate of drug-likeness (QED) is 0.745. The zero-order valence-electron chi connectivity index (χ0n) is 6.43. The molecule has 1 N–H and O–H groups in total. The van der Waals surface area contributed by atoms with Gasteiger partial charge in [0, 0.05) is 18.3 Å². The number of hydrogen-bond donors (Lipinski definition) is 1. The Balaban J connectivity index is 2.44. The fraction of sp³-hybridized carbons (Fsp3) is 0.571. The Morgan fingerprint density at radius 3 is 3.09 bits per heavy atom. The third-order valence-electron chi connectivity index (χ3n) is 1.33. The first kappa shape index (κ1) is 8.62. The van der Waals surface area contributed by atoms with Gasteiger partial charge in [-0.05, 0) is 7.05 Å². The standard InChI is InChI=1S/C7H11FN2S/c1-9-3-2-7-10-6(4-8)5-11-7/h5,9H,2-4H2,1H3. The topological polar surface area (TPSA) is 24.9 Å². The van der Waals surface area contributed by atoms with E-state index in [9.17, 15) is 4.39 Å². The largest absolute Gasteiger partial charge is 0.319 e. The minimum absolute atomic E-state index is 0.448. The molecule has 0 amide bonds. The van der Waals surface area contributed by atoms with Crippen LogP contribution < -0.4 is 5.32 Å². The van der Waals surface area contributed by atoms with Crippen LogP contribution in [-0.2, 0) is 13.1 Å². The van der Waals surface area contributed by atoms with Gasteiger partial charge >= 0.3 is 0 Å². The molecule has 0 saturated heterocycles. The molecule has 2 nitrogen and oxygen atoms in total. The number of alkyl halides is 1. The second-order valence-electron chi connectivity index (χ2n) is 2.22. The zero-order chi connectivity index (χ0) is 8.10. The molecule has 1 rings (SSSR count). The maximum Gasteiger partial charge on any atom is 0.132 e. The van der Waals surface area contributed by atoms with Crippen LogP contribution in [-0.4, -0.2) is 18.6 Å². The highest BCUT2D eigenvalue weighted by molar-refractivity contribution is 7.09. The summed E-state index contributed by atoms with van der Waals surface area (Å²) in [6.07, 6.45) is 0.890. The first-order valence-electron chi connectivity index (χ1n) is 3.50. The Labute approximate surface area is 69.5 Å². The summed E-state index contributed by atoms with van der Waals surface area (Å²) in [6, 6.07) is 0. The third-order valence-corrected chi connectivity index (χ3v) is 2.28. The van der Waals surface area contributed by atoms with Gasteiger partial charge in [-0.25, -0.2) is 9.37 Å². The van der Waals surface area contributed by atoms with E-state index in [2.05, 4.69) is 10.3 Å². The molecule has 0 aliphatic carbocycles. The van der Waals surface area contributed by atoms with Crippen LogP contribution in [0.15, 0.2) is 5.38 Å². The highest BCUT2D eigenvalue weighted by Gasteiger charge is 1.99. The molecule has 0 saturated carbocycles. The van der Waals surface area contributed by atoms with Crippen molar-refractivity contribution in [2.45, 2.75) is 13.1 Å². The van der Waals surface area contributed by atoms with E-state index in [1.54, 1.807) is 5.38 Å². The van der Waals surface area contributed by atoms with Crippen LogP contribution >= 0.6 is 11.3 Å². The second kappa shape index (κ2) is 4.41. The molecule has 0 bridgehead atoms. The Hall–Kier alpha value is -0.480. The molecular formula is C7H11FN2S. The Morgan fingerprint density at radius 2 is 2.55 bits per heavy atom. The lowest BCUT2D eigenvalue weighted by Gasteiger charge is -1.92. The molecular weight excluding hydrogens is 163 g/mol. The van der Waals surface area contributed by atoms with Crippen molar-refractivity contribution in [1.29, 1.82) is 0 Å². The first-order valence-corrected chi connectivity index (χ1v) is 4.38. The summed E-state index contributed by atoms with van der Waals surface area (Å²) in [5, 5.41) is 5.79. The SMILES string of the molecule is CNCCc1nc(CF)cs1. The monoisotopic (exact) mass is 174 g/mol. The van der Waals surface area contributed by atoms with E-state index in [0.29, 0.717) is 5.69 Å². The van der Waals surface area contributed by atoms with E-state index in [1.807, 2.05) is 7.05 Å². The summed E-state index contributed by atoms with van der Waals surface area (Å²) in [7, 11) is 1.89. The van der Waals surface area contributed by atoms with Gasteiger partial charge in [0.05, 0.1) is 10.7 Å². The molecule has 0 aliphatic heterocycles. The normalized spacial score (nSPS) is 10.4. The lowest BCUT2D eigenvalue weighted by molar-refractivity contribution is 0.477. The van der Waals surface area contributed by atoms with Gasteiger partial charge in [0.2, 0.25) is 0 Å². The Bertz CT molecular complexity index is 212. The molecule has 0 spiro atoms.